The first kappa shape index (κ1) is 18.6. The summed E-state index contributed by atoms with van der Waals surface area (Å²) in [4.78, 5) is 23.0. The molecule has 2 aromatic carbocycles. The van der Waals surface area contributed by atoms with Crippen LogP contribution in [-0.4, -0.2) is 21.2 Å². The molecule has 0 unspecified atom stereocenters. The first-order valence-electron chi connectivity index (χ1n) is 6.41. The van der Waals surface area contributed by atoms with E-state index in [9.17, 15) is 9.59 Å². The zero-order valence-corrected chi connectivity index (χ0v) is 15.4. The highest BCUT2D eigenvalue weighted by atomic mass is 35.5. The Labute approximate surface area is 158 Å². The van der Waals surface area contributed by atoms with E-state index in [0.29, 0.717) is 11.1 Å². The van der Waals surface area contributed by atoms with Gasteiger partial charge in [-0.25, -0.2) is 0 Å². The van der Waals surface area contributed by atoms with Crippen molar-refractivity contribution in [3.63, 3.8) is 0 Å². The van der Waals surface area contributed by atoms with Gasteiger partial charge < -0.3 is 0 Å². The molecule has 120 valence electrons. The second-order valence-electron chi connectivity index (χ2n) is 4.48. The van der Waals surface area contributed by atoms with Crippen LogP contribution in [0.1, 0.15) is 20.7 Å². The van der Waals surface area contributed by atoms with Crippen LogP contribution in [-0.2, 0) is 0 Å². The second kappa shape index (κ2) is 8.41. The van der Waals surface area contributed by atoms with Crippen molar-refractivity contribution in [1.82, 2.24) is 0 Å². The maximum absolute atomic E-state index is 11.6. The molecule has 0 aliphatic rings. The number of Topliss-reactive ketones (excluding diaryl/α,β-unsaturated/α-hetero) is 2. The number of hydrogen-bond donors (Lipinski definition) is 0. The molecule has 2 rings (SSSR count). The van der Waals surface area contributed by atoms with Gasteiger partial charge in [-0.05, 0) is 24.3 Å². The van der Waals surface area contributed by atoms with Crippen molar-refractivity contribution in [2.45, 2.75) is 19.5 Å². The van der Waals surface area contributed by atoms with E-state index in [1.54, 1.807) is 48.5 Å². The monoisotopic (exact) mass is 406 g/mol. The van der Waals surface area contributed by atoms with Crippen LogP contribution in [0.3, 0.4) is 0 Å². The highest BCUT2D eigenvalue weighted by Crippen LogP contribution is 2.29. The molecule has 0 saturated carbocycles. The zero-order valence-electron chi connectivity index (χ0n) is 11.5. The van der Waals surface area contributed by atoms with E-state index in [1.807, 2.05) is 0 Å². The molecule has 0 amide bonds. The summed E-state index contributed by atoms with van der Waals surface area (Å²) in [5.74, 6) is -0.658. The molecule has 0 atom stereocenters. The van der Waals surface area contributed by atoms with Crippen molar-refractivity contribution in [1.29, 1.82) is 0 Å². The van der Waals surface area contributed by atoms with Crippen molar-refractivity contribution < 1.29 is 9.59 Å². The van der Waals surface area contributed by atoms with Crippen molar-refractivity contribution >= 4 is 69.7 Å². The summed E-state index contributed by atoms with van der Waals surface area (Å²) in [6.07, 6.45) is 0. The van der Waals surface area contributed by atoms with Gasteiger partial charge in [0.25, 0.3) is 0 Å². The number of alkyl halides is 4. The minimum Gasteiger partial charge on any atom is -0.291 e. The number of carbonyl (C=O) groups excluding carboxylic acids is 2. The third-order valence-electron chi connectivity index (χ3n) is 2.91. The van der Waals surface area contributed by atoms with E-state index in [0.717, 1.165) is 9.79 Å². The summed E-state index contributed by atoms with van der Waals surface area (Å²) in [5, 5.41) is 0. The molecule has 0 bridgehead atoms. The fraction of sp³-hybridized carbons (Fsp3) is 0.125. The third kappa shape index (κ3) is 5.13. The van der Waals surface area contributed by atoms with E-state index < -0.39 is 9.67 Å². The molecule has 0 N–H and O–H groups in total. The van der Waals surface area contributed by atoms with Crippen molar-refractivity contribution in [3.8, 4) is 0 Å². The molecule has 0 aliphatic heterocycles. The minimum atomic E-state index is -1.06. The molecular formula is C16H10Cl4O2S. The van der Waals surface area contributed by atoms with E-state index >= 15 is 0 Å². The smallest absolute Gasteiger partial charge is 0.195 e. The van der Waals surface area contributed by atoms with E-state index in [4.69, 9.17) is 46.4 Å². The number of carbonyl (C=O) groups is 2. The molecule has 0 radical (unpaired) electrons. The second-order valence-corrected chi connectivity index (χ2v) is 7.82. The van der Waals surface area contributed by atoms with Gasteiger partial charge in [-0.3, -0.25) is 9.59 Å². The highest BCUT2D eigenvalue weighted by Gasteiger charge is 2.15. The Bertz CT molecular complexity index is 636. The Kier molecular flexibility index (Phi) is 6.81. The Morgan fingerprint density at radius 3 is 1.22 bits per heavy atom. The Morgan fingerprint density at radius 2 is 0.957 bits per heavy atom. The Morgan fingerprint density at radius 1 is 0.652 bits per heavy atom. The quantitative estimate of drug-likeness (QED) is 0.447. The maximum atomic E-state index is 11.6. The molecule has 0 aliphatic carbocycles. The van der Waals surface area contributed by atoms with Gasteiger partial charge in [-0.1, -0.05) is 82.4 Å². The van der Waals surface area contributed by atoms with Crippen LogP contribution in [0.15, 0.2) is 58.3 Å². The molecule has 2 nitrogen and oxygen atoms in total. The van der Waals surface area contributed by atoms with Crippen LogP contribution in [0, 0.1) is 0 Å². The van der Waals surface area contributed by atoms with Crippen LogP contribution in [0.4, 0.5) is 0 Å². The van der Waals surface area contributed by atoms with Crippen molar-refractivity contribution in [2.24, 2.45) is 0 Å². The lowest BCUT2D eigenvalue weighted by atomic mass is 10.1. The molecule has 0 spiro atoms. The molecule has 0 saturated heterocycles. The lowest BCUT2D eigenvalue weighted by molar-refractivity contribution is 0.0999. The summed E-state index contributed by atoms with van der Waals surface area (Å²) in [6.45, 7) is 0. The summed E-state index contributed by atoms with van der Waals surface area (Å²) in [7, 11) is 0. The summed E-state index contributed by atoms with van der Waals surface area (Å²) < 4.78 is 0. The first-order chi connectivity index (χ1) is 10.9. The predicted octanol–water partition coefficient (Wildman–Crippen LogP) is 5.81. The molecule has 0 aromatic heterocycles. The van der Waals surface area contributed by atoms with Gasteiger partial charge in [0.2, 0.25) is 0 Å². The highest BCUT2D eigenvalue weighted by molar-refractivity contribution is 7.99. The Hall–Kier alpha value is -0.710. The number of hydrogen-bond acceptors (Lipinski definition) is 3. The van der Waals surface area contributed by atoms with E-state index in [1.165, 1.54) is 11.8 Å². The topological polar surface area (TPSA) is 34.1 Å². The fourth-order valence-electron chi connectivity index (χ4n) is 1.76. The van der Waals surface area contributed by atoms with Gasteiger partial charge in [0.1, 0.15) is 0 Å². The van der Waals surface area contributed by atoms with Gasteiger partial charge in [-0.2, -0.15) is 0 Å². The van der Waals surface area contributed by atoms with Crippen LogP contribution in [0.5, 0.6) is 0 Å². The molecule has 23 heavy (non-hydrogen) atoms. The lowest BCUT2D eigenvalue weighted by Gasteiger charge is -2.06. The predicted molar refractivity (Wildman–Crippen MR) is 96.7 cm³/mol. The third-order valence-corrected chi connectivity index (χ3v) is 4.72. The molecule has 0 fully saturated rings. The standard InChI is InChI=1S/C16H10Cl4O2S/c17-15(18)13(21)9-1-5-11(6-2-9)23-12-7-3-10(4-8-12)14(22)16(19)20/h1-8,15-16H. The van der Waals surface area contributed by atoms with Gasteiger partial charge in [-0.15, -0.1) is 0 Å². The number of ketones is 2. The summed E-state index contributed by atoms with van der Waals surface area (Å²) in [6, 6.07) is 13.9. The molecule has 2 aromatic rings. The normalized spacial score (nSPS) is 11.0. The van der Waals surface area contributed by atoms with Gasteiger partial charge in [0.15, 0.2) is 21.2 Å². The largest absolute Gasteiger partial charge is 0.291 e. The fourth-order valence-corrected chi connectivity index (χ4v) is 3.08. The van der Waals surface area contributed by atoms with Crippen molar-refractivity contribution in [3.05, 3.63) is 59.7 Å². The van der Waals surface area contributed by atoms with Crippen LogP contribution in [0.25, 0.3) is 0 Å². The van der Waals surface area contributed by atoms with Crippen molar-refractivity contribution in [2.75, 3.05) is 0 Å². The van der Waals surface area contributed by atoms with Crippen LogP contribution >= 0.6 is 58.2 Å². The summed E-state index contributed by atoms with van der Waals surface area (Å²) in [5.41, 5.74) is 0.918. The Balaban J connectivity index is 2.08. The van der Waals surface area contributed by atoms with E-state index in [-0.39, 0.29) is 11.6 Å². The molecular weight excluding hydrogens is 398 g/mol. The van der Waals surface area contributed by atoms with Crippen LogP contribution in [0.2, 0.25) is 0 Å². The van der Waals surface area contributed by atoms with E-state index in [2.05, 4.69) is 0 Å². The summed E-state index contributed by atoms with van der Waals surface area (Å²) >= 11 is 23.7. The maximum Gasteiger partial charge on any atom is 0.195 e. The number of halogens is 4. The number of benzene rings is 2. The van der Waals surface area contributed by atoms with Gasteiger partial charge in [0.05, 0.1) is 0 Å². The first-order valence-corrected chi connectivity index (χ1v) is 8.97. The number of rotatable bonds is 6. The average Bonchev–Trinajstić information content (AvgIpc) is 2.54. The van der Waals surface area contributed by atoms with Gasteiger partial charge in [0, 0.05) is 20.9 Å². The SMILES string of the molecule is O=C(c1ccc(Sc2ccc(C(=O)C(Cl)Cl)cc2)cc1)C(Cl)Cl. The minimum absolute atomic E-state index is 0.329. The zero-order chi connectivity index (χ0) is 17.0. The molecule has 0 heterocycles. The average molecular weight is 408 g/mol. The van der Waals surface area contributed by atoms with Crippen LogP contribution < -0.4 is 0 Å². The van der Waals surface area contributed by atoms with Gasteiger partial charge >= 0.3 is 0 Å². The molecule has 7 heteroatoms. The lowest BCUT2D eigenvalue weighted by Crippen LogP contribution is -2.07.